The van der Waals surface area contributed by atoms with Crippen LogP contribution in [0.1, 0.15) is 23.7 Å². The lowest BCUT2D eigenvalue weighted by molar-refractivity contribution is -0.110. The zero-order valence-electron chi connectivity index (χ0n) is 15.6. The highest BCUT2D eigenvalue weighted by Crippen LogP contribution is 2.46. The third-order valence-corrected chi connectivity index (χ3v) is 7.64. The van der Waals surface area contributed by atoms with Crippen molar-refractivity contribution in [3.8, 4) is 0 Å². The molecule has 1 atom stereocenters. The summed E-state index contributed by atoms with van der Waals surface area (Å²) in [5, 5.41) is 4.75. The van der Waals surface area contributed by atoms with Crippen LogP contribution in [-0.2, 0) is 9.36 Å². The highest BCUT2D eigenvalue weighted by atomic mass is 31.2. The van der Waals surface area contributed by atoms with E-state index in [1.165, 1.54) is 0 Å². The fourth-order valence-corrected chi connectivity index (χ4v) is 4.88. The minimum Gasteiger partial charge on any atom is -0.321 e. The number of benzene rings is 2. The average Bonchev–Trinajstić information content (AvgIpc) is 2.96. The van der Waals surface area contributed by atoms with Crippen LogP contribution >= 0.6 is 7.14 Å². The third kappa shape index (κ3) is 3.11. The van der Waals surface area contributed by atoms with Crippen molar-refractivity contribution in [1.82, 2.24) is 4.98 Å². The molecule has 0 saturated heterocycles. The Hall–Kier alpha value is -2.71. The number of hydrogen-bond donors (Lipinski definition) is 1. The smallest absolute Gasteiger partial charge is 0.256 e. The number of nitrogens with one attached hydrogen (secondary N) is 1. The van der Waals surface area contributed by atoms with E-state index in [2.05, 4.69) is 10.3 Å². The molecular weight excluding hydrogens is 355 g/mol. The van der Waals surface area contributed by atoms with Crippen molar-refractivity contribution < 1.29 is 9.36 Å². The minimum absolute atomic E-state index is 0.178. The van der Waals surface area contributed by atoms with E-state index in [9.17, 15) is 9.36 Å². The van der Waals surface area contributed by atoms with Crippen molar-refractivity contribution in [2.24, 2.45) is 0 Å². The molecule has 1 aliphatic rings. The fraction of sp³-hybridized carbons (Fsp3) is 0.182. The summed E-state index contributed by atoms with van der Waals surface area (Å²) in [4.78, 5) is 17.3. The maximum absolute atomic E-state index is 13.0. The maximum atomic E-state index is 13.0. The molecule has 0 fully saturated rings. The van der Waals surface area contributed by atoms with Crippen molar-refractivity contribution >= 4 is 46.6 Å². The summed E-state index contributed by atoms with van der Waals surface area (Å²) in [7, 11) is -2.52. The summed E-state index contributed by atoms with van der Waals surface area (Å²) in [6.45, 7) is 5.66. The van der Waals surface area contributed by atoms with Crippen LogP contribution in [0.4, 0.5) is 5.69 Å². The quantitative estimate of drug-likeness (QED) is 0.534. The topological polar surface area (TPSA) is 59.1 Å². The summed E-state index contributed by atoms with van der Waals surface area (Å²) in [6.07, 6.45) is 2.37. The molecule has 5 heteroatoms. The first-order valence-electron chi connectivity index (χ1n) is 9.00. The van der Waals surface area contributed by atoms with E-state index in [0.29, 0.717) is 17.4 Å². The van der Waals surface area contributed by atoms with E-state index >= 15 is 0 Å². The largest absolute Gasteiger partial charge is 0.321 e. The van der Waals surface area contributed by atoms with Crippen molar-refractivity contribution in [3.63, 3.8) is 0 Å². The number of aryl methyl sites for hydroxylation is 1. The van der Waals surface area contributed by atoms with Crippen LogP contribution in [0, 0.1) is 6.92 Å². The van der Waals surface area contributed by atoms with Crippen LogP contribution in [0.2, 0.25) is 0 Å². The van der Waals surface area contributed by atoms with Gasteiger partial charge in [0.05, 0.1) is 22.5 Å². The second-order valence-corrected chi connectivity index (χ2v) is 10.4. The van der Waals surface area contributed by atoms with Gasteiger partial charge in [0.1, 0.15) is 7.14 Å². The molecule has 0 bridgehead atoms. The van der Waals surface area contributed by atoms with Crippen LogP contribution in [-0.4, -0.2) is 23.7 Å². The molecule has 4 nitrogen and oxygen atoms in total. The van der Waals surface area contributed by atoms with E-state index in [0.717, 1.165) is 33.0 Å². The molecule has 1 unspecified atom stereocenters. The van der Waals surface area contributed by atoms with Crippen LogP contribution < -0.4 is 10.6 Å². The molecule has 1 aliphatic heterocycles. The number of anilines is 1. The van der Waals surface area contributed by atoms with E-state index in [1.807, 2.05) is 68.5 Å². The molecule has 4 rings (SSSR count). The van der Waals surface area contributed by atoms with Gasteiger partial charge in [-0.05, 0) is 49.5 Å². The standard InChI is InChI=1S/C22H21N2O2P/c1-4-27(3,26)20-12-14(2)11-17-18(22(25)24-21(17)20)13-16-10-9-15-7-5-6-8-19(15)23-16/h5-13H,4H2,1-3H3,(H,24,25). The predicted octanol–water partition coefficient (Wildman–Crippen LogP) is 4.67. The highest BCUT2D eigenvalue weighted by Gasteiger charge is 2.31. The fourth-order valence-electron chi connectivity index (χ4n) is 3.41. The zero-order chi connectivity index (χ0) is 19.2. The molecule has 136 valence electrons. The SMILES string of the molecule is CCP(C)(=O)c1cc(C)cc2c1NC(=O)C2=Cc1ccc2ccccc2n1. The Kier molecular flexibility index (Phi) is 4.24. The second-order valence-electron chi connectivity index (χ2n) is 7.06. The van der Waals surface area contributed by atoms with E-state index in [1.54, 1.807) is 6.66 Å². The van der Waals surface area contributed by atoms with Gasteiger partial charge in [0.15, 0.2) is 0 Å². The molecule has 0 aliphatic carbocycles. The Labute approximate surface area is 158 Å². The van der Waals surface area contributed by atoms with Crippen LogP contribution in [0.25, 0.3) is 22.6 Å². The van der Waals surface area contributed by atoms with Gasteiger partial charge < -0.3 is 9.88 Å². The van der Waals surface area contributed by atoms with Gasteiger partial charge in [0, 0.05) is 22.4 Å². The van der Waals surface area contributed by atoms with Gasteiger partial charge >= 0.3 is 0 Å². The molecular formula is C22H21N2O2P. The number of nitrogens with zero attached hydrogens (tertiary/aromatic N) is 1. The number of fused-ring (bicyclic) bond motifs is 2. The van der Waals surface area contributed by atoms with Crippen molar-refractivity contribution in [2.45, 2.75) is 13.8 Å². The Balaban J connectivity index is 1.88. The molecule has 0 radical (unpaired) electrons. The lowest BCUT2D eigenvalue weighted by Gasteiger charge is -2.16. The first-order chi connectivity index (χ1) is 12.9. The maximum Gasteiger partial charge on any atom is 0.256 e. The van der Waals surface area contributed by atoms with E-state index in [-0.39, 0.29) is 5.91 Å². The third-order valence-electron chi connectivity index (χ3n) is 5.06. The molecule has 0 spiro atoms. The van der Waals surface area contributed by atoms with Gasteiger partial charge in [-0.3, -0.25) is 4.79 Å². The first-order valence-corrected chi connectivity index (χ1v) is 11.3. The molecule has 2 aromatic carbocycles. The predicted molar refractivity (Wildman–Crippen MR) is 113 cm³/mol. The zero-order valence-corrected chi connectivity index (χ0v) is 16.5. The number of carbonyl (C=O) groups is 1. The molecule has 27 heavy (non-hydrogen) atoms. The molecule has 1 aromatic heterocycles. The normalized spacial score (nSPS) is 17.0. The summed E-state index contributed by atoms with van der Waals surface area (Å²) in [6, 6.07) is 15.7. The summed E-state index contributed by atoms with van der Waals surface area (Å²) < 4.78 is 13.0. The first kappa shape index (κ1) is 17.7. The molecule has 0 saturated carbocycles. The van der Waals surface area contributed by atoms with Gasteiger partial charge in [-0.25, -0.2) is 4.98 Å². The lowest BCUT2D eigenvalue weighted by atomic mass is 10.0. The average molecular weight is 376 g/mol. The number of amides is 1. The number of para-hydroxylation sites is 1. The minimum atomic E-state index is -2.52. The Bertz CT molecular complexity index is 1160. The Morgan fingerprint density at radius 1 is 1.15 bits per heavy atom. The molecule has 2 heterocycles. The van der Waals surface area contributed by atoms with E-state index in [4.69, 9.17) is 0 Å². The summed E-state index contributed by atoms with van der Waals surface area (Å²) >= 11 is 0. The van der Waals surface area contributed by atoms with Crippen LogP contribution in [0.15, 0.2) is 48.5 Å². The molecule has 1 N–H and O–H groups in total. The van der Waals surface area contributed by atoms with E-state index < -0.39 is 7.14 Å². The molecule has 1 amide bonds. The Morgan fingerprint density at radius 3 is 2.70 bits per heavy atom. The number of aromatic nitrogens is 1. The Morgan fingerprint density at radius 2 is 1.93 bits per heavy atom. The number of rotatable bonds is 3. The van der Waals surface area contributed by atoms with Gasteiger partial charge in [0.2, 0.25) is 0 Å². The monoisotopic (exact) mass is 376 g/mol. The van der Waals surface area contributed by atoms with Gasteiger partial charge in [-0.15, -0.1) is 0 Å². The lowest BCUT2D eigenvalue weighted by Crippen LogP contribution is -2.14. The highest BCUT2D eigenvalue weighted by molar-refractivity contribution is 7.71. The summed E-state index contributed by atoms with van der Waals surface area (Å²) in [5.74, 6) is -0.178. The van der Waals surface area contributed by atoms with Crippen LogP contribution in [0.5, 0.6) is 0 Å². The second kappa shape index (κ2) is 6.47. The van der Waals surface area contributed by atoms with Gasteiger partial charge in [0.25, 0.3) is 5.91 Å². The number of pyridine rings is 1. The van der Waals surface area contributed by atoms with Crippen molar-refractivity contribution in [1.29, 1.82) is 0 Å². The number of hydrogen-bond acceptors (Lipinski definition) is 3. The van der Waals surface area contributed by atoms with Crippen molar-refractivity contribution in [2.75, 3.05) is 18.1 Å². The summed E-state index contributed by atoms with van der Waals surface area (Å²) in [5.41, 5.74) is 4.66. The van der Waals surface area contributed by atoms with Gasteiger partial charge in [-0.2, -0.15) is 0 Å². The van der Waals surface area contributed by atoms with Crippen LogP contribution in [0.3, 0.4) is 0 Å². The van der Waals surface area contributed by atoms with Gasteiger partial charge in [-0.1, -0.05) is 31.2 Å². The number of carbonyl (C=O) groups excluding carboxylic acids is 1. The van der Waals surface area contributed by atoms with Crippen molar-refractivity contribution in [3.05, 3.63) is 65.4 Å². The molecule has 3 aromatic rings.